The molecular formula is C53H34N4. The summed E-state index contributed by atoms with van der Waals surface area (Å²) in [5, 5.41) is 6.96. The van der Waals surface area contributed by atoms with Crippen molar-refractivity contribution < 1.29 is 0 Å². The molecule has 0 fully saturated rings. The van der Waals surface area contributed by atoms with Crippen molar-refractivity contribution in [1.29, 1.82) is 0 Å². The third kappa shape index (κ3) is 5.66. The first kappa shape index (κ1) is 32.7. The van der Waals surface area contributed by atoms with Crippen LogP contribution in [-0.2, 0) is 0 Å². The van der Waals surface area contributed by atoms with Gasteiger partial charge in [0.05, 0.1) is 16.7 Å². The molecule has 0 amide bonds. The molecule has 4 nitrogen and oxygen atoms in total. The molecule has 4 heteroatoms. The zero-order chi connectivity index (χ0) is 37.7. The Morgan fingerprint density at radius 1 is 0.298 bits per heavy atom. The highest BCUT2D eigenvalue weighted by molar-refractivity contribution is 6.17. The summed E-state index contributed by atoms with van der Waals surface area (Å²) in [4.78, 5) is 15.4. The molecule has 0 bridgehead atoms. The Labute approximate surface area is 330 Å². The van der Waals surface area contributed by atoms with E-state index in [1.165, 1.54) is 38.4 Å². The van der Waals surface area contributed by atoms with Crippen LogP contribution in [0.5, 0.6) is 0 Å². The maximum absolute atomic E-state index is 5.19. The molecule has 0 saturated carbocycles. The molecule has 0 radical (unpaired) electrons. The first-order valence-corrected chi connectivity index (χ1v) is 19.3. The van der Waals surface area contributed by atoms with Gasteiger partial charge in [-0.2, -0.15) is 0 Å². The summed E-state index contributed by atoms with van der Waals surface area (Å²) in [5.74, 6) is 1.92. The Kier molecular flexibility index (Phi) is 7.78. The molecule has 0 N–H and O–H groups in total. The van der Waals surface area contributed by atoms with E-state index >= 15 is 0 Å². The van der Waals surface area contributed by atoms with Gasteiger partial charge in [0.15, 0.2) is 17.5 Å². The van der Waals surface area contributed by atoms with Gasteiger partial charge >= 0.3 is 0 Å². The van der Waals surface area contributed by atoms with Gasteiger partial charge in [0.2, 0.25) is 0 Å². The summed E-state index contributed by atoms with van der Waals surface area (Å²) >= 11 is 0. The second kappa shape index (κ2) is 13.6. The Bertz CT molecular complexity index is 3290. The quantitative estimate of drug-likeness (QED) is 0.171. The van der Waals surface area contributed by atoms with Crippen LogP contribution in [0.2, 0.25) is 0 Å². The zero-order valence-electron chi connectivity index (χ0n) is 30.9. The highest BCUT2D eigenvalue weighted by Crippen LogP contribution is 2.42. The average Bonchev–Trinajstić information content (AvgIpc) is 3.63. The Morgan fingerprint density at radius 3 is 1.72 bits per heavy atom. The number of hydrogen-bond donors (Lipinski definition) is 0. The van der Waals surface area contributed by atoms with Crippen LogP contribution in [0.15, 0.2) is 206 Å². The maximum atomic E-state index is 5.19. The number of aromatic nitrogens is 4. The molecule has 2 aromatic heterocycles. The van der Waals surface area contributed by atoms with E-state index in [0.29, 0.717) is 17.5 Å². The van der Waals surface area contributed by atoms with Crippen molar-refractivity contribution in [3.05, 3.63) is 206 Å². The Morgan fingerprint density at radius 2 is 0.895 bits per heavy atom. The summed E-state index contributed by atoms with van der Waals surface area (Å²) in [5.41, 5.74) is 11.1. The smallest absolute Gasteiger partial charge is 0.164 e. The molecule has 0 spiro atoms. The van der Waals surface area contributed by atoms with Crippen LogP contribution in [-0.4, -0.2) is 19.5 Å². The molecule has 0 aliphatic heterocycles. The number of nitrogens with zero attached hydrogens (tertiary/aromatic N) is 4. The van der Waals surface area contributed by atoms with Crippen molar-refractivity contribution in [3.8, 4) is 62.1 Å². The second-order valence-electron chi connectivity index (χ2n) is 14.4. The van der Waals surface area contributed by atoms with Crippen LogP contribution in [0, 0.1) is 0 Å². The Balaban J connectivity index is 1.11. The molecule has 266 valence electrons. The summed E-state index contributed by atoms with van der Waals surface area (Å²) in [6.07, 6.45) is 0. The summed E-state index contributed by atoms with van der Waals surface area (Å²) in [7, 11) is 0. The van der Waals surface area contributed by atoms with E-state index in [-0.39, 0.29) is 0 Å². The van der Waals surface area contributed by atoms with E-state index in [9.17, 15) is 0 Å². The normalized spacial score (nSPS) is 11.5. The summed E-state index contributed by atoms with van der Waals surface area (Å²) in [6.45, 7) is 0. The summed E-state index contributed by atoms with van der Waals surface area (Å²) < 4.78 is 2.42. The number of rotatable bonds is 6. The number of benzene rings is 9. The SMILES string of the molecule is c1ccc(-c2cccc(-c3cccc4c3c3ccccc3n4-c3ccc(-c4nc(-c5ccccc5)nc(-c5ccc6ccccc6c5)n4)c4ccccc34)c2)cc1. The number of hydrogen-bond acceptors (Lipinski definition) is 3. The molecule has 57 heavy (non-hydrogen) atoms. The van der Waals surface area contributed by atoms with Crippen LogP contribution in [0.4, 0.5) is 0 Å². The maximum Gasteiger partial charge on any atom is 0.164 e. The molecule has 9 aromatic carbocycles. The van der Waals surface area contributed by atoms with Gasteiger partial charge in [0.1, 0.15) is 0 Å². The van der Waals surface area contributed by atoms with Crippen molar-refractivity contribution in [2.45, 2.75) is 0 Å². The summed E-state index contributed by atoms with van der Waals surface area (Å²) in [6, 6.07) is 72.9. The minimum atomic E-state index is 0.637. The molecule has 2 heterocycles. The molecule has 0 atom stereocenters. The zero-order valence-corrected chi connectivity index (χ0v) is 30.9. The largest absolute Gasteiger partial charge is 0.309 e. The molecule has 11 rings (SSSR count). The van der Waals surface area contributed by atoms with Crippen molar-refractivity contribution >= 4 is 43.4 Å². The van der Waals surface area contributed by atoms with E-state index < -0.39 is 0 Å². The fourth-order valence-corrected chi connectivity index (χ4v) is 8.36. The lowest BCUT2D eigenvalue weighted by molar-refractivity contribution is 1.08. The first-order valence-electron chi connectivity index (χ1n) is 19.3. The average molecular weight is 727 g/mol. The van der Waals surface area contributed by atoms with E-state index in [0.717, 1.165) is 49.6 Å². The van der Waals surface area contributed by atoms with Gasteiger partial charge in [-0.25, -0.2) is 15.0 Å². The molecule has 0 unspecified atom stereocenters. The molecule has 11 aromatic rings. The fourth-order valence-electron chi connectivity index (χ4n) is 8.36. The minimum absolute atomic E-state index is 0.637. The third-order valence-corrected chi connectivity index (χ3v) is 11.0. The van der Waals surface area contributed by atoms with Crippen molar-refractivity contribution in [3.63, 3.8) is 0 Å². The van der Waals surface area contributed by atoms with Crippen LogP contribution < -0.4 is 0 Å². The molecule has 0 aliphatic rings. The Hall–Kier alpha value is -7.69. The standard InChI is InChI=1S/C53H34N4/c1-3-15-35(16-4-1)39-21-13-22-40(33-39)42-26-14-28-49-50(42)46-25-11-12-27-47(46)57(49)48-32-31-45(43-23-9-10-24-44(43)48)53-55-51(37-18-5-2-6-19-37)54-52(56-53)41-30-29-36-17-7-8-20-38(36)34-41/h1-34H. The third-order valence-electron chi connectivity index (χ3n) is 11.0. The van der Waals surface area contributed by atoms with Gasteiger partial charge in [-0.3, -0.25) is 0 Å². The lowest BCUT2D eigenvalue weighted by Crippen LogP contribution is -2.01. The van der Waals surface area contributed by atoms with Crippen molar-refractivity contribution in [2.24, 2.45) is 0 Å². The van der Waals surface area contributed by atoms with Gasteiger partial charge in [-0.15, -0.1) is 0 Å². The van der Waals surface area contributed by atoms with Crippen LogP contribution in [0.25, 0.3) is 105 Å². The van der Waals surface area contributed by atoms with Gasteiger partial charge in [-0.1, -0.05) is 170 Å². The van der Waals surface area contributed by atoms with Crippen molar-refractivity contribution in [2.75, 3.05) is 0 Å². The monoisotopic (exact) mass is 726 g/mol. The van der Waals surface area contributed by atoms with Crippen LogP contribution in [0.3, 0.4) is 0 Å². The van der Waals surface area contributed by atoms with Gasteiger partial charge in [0, 0.05) is 32.8 Å². The van der Waals surface area contributed by atoms with E-state index in [1.807, 2.05) is 18.2 Å². The lowest BCUT2D eigenvalue weighted by Gasteiger charge is -2.15. The predicted molar refractivity (Wildman–Crippen MR) is 236 cm³/mol. The van der Waals surface area contributed by atoms with E-state index in [2.05, 4.69) is 193 Å². The topological polar surface area (TPSA) is 43.6 Å². The van der Waals surface area contributed by atoms with E-state index in [1.54, 1.807) is 0 Å². The van der Waals surface area contributed by atoms with Crippen LogP contribution in [0.1, 0.15) is 0 Å². The minimum Gasteiger partial charge on any atom is -0.309 e. The second-order valence-corrected chi connectivity index (χ2v) is 14.4. The lowest BCUT2D eigenvalue weighted by atomic mass is 9.96. The predicted octanol–water partition coefficient (Wildman–Crippen LogP) is 13.6. The highest BCUT2D eigenvalue weighted by atomic mass is 15.0. The number of fused-ring (bicyclic) bond motifs is 5. The van der Waals surface area contributed by atoms with Crippen molar-refractivity contribution in [1.82, 2.24) is 19.5 Å². The molecular weight excluding hydrogens is 693 g/mol. The molecule has 0 aliphatic carbocycles. The highest BCUT2D eigenvalue weighted by Gasteiger charge is 2.20. The van der Waals surface area contributed by atoms with Gasteiger partial charge < -0.3 is 4.57 Å². The van der Waals surface area contributed by atoms with E-state index in [4.69, 9.17) is 15.0 Å². The van der Waals surface area contributed by atoms with Crippen LogP contribution >= 0.6 is 0 Å². The van der Waals surface area contributed by atoms with Gasteiger partial charge in [-0.05, 0) is 74.8 Å². The number of para-hydroxylation sites is 1. The first-order chi connectivity index (χ1) is 28.3. The molecule has 0 saturated heterocycles. The fraction of sp³-hybridized carbons (Fsp3) is 0. The van der Waals surface area contributed by atoms with Gasteiger partial charge in [0.25, 0.3) is 0 Å².